The number of aryl methyl sites for hydroxylation is 1. The first kappa shape index (κ1) is 14.5. The summed E-state index contributed by atoms with van der Waals surface area (Å²) in [6.45, 7) is 5.50. The van der Waals surface area contributed by atoms with Crippen molar-refractivity contribution in [2.24, 2.45) is 0 Å². The monoisotopic (exact) mass is 287 g/mol. The molecule has 0 saturated carbocycles. The zero-order chi connectivity index (χ0) is 13.9. The van der Waals surface area contributed by atoms with Gasteiger partial charge >= 0.3 is 0 Å². The predicted molar refractivity (Wildman–Crippen MR) is 72.9 cm³/mol. The van der Waals surface area contributed by atoms with Gasteiger partial charge in [0.15, 0.2) is 0 Å². The van der Waals surface area contributed by atoms with Crippen LogP contribution in [0.4, 0.5) is 0 Å². The largest absolute Gasteiger partial charge is 0.374 e. The molecule has 1 saturated heterocycles. The Morgan fingerprint density at radius 1 is 1.53 bits per heavy atom. The molecule has 0 N–H and O–H groups in total. The van der Waals surface area contributed by atoms with Crippen molar-refractivity contribution in [2.45, 2.75) is 19.6 Å². The molecule has 7 heteroatoms. The zero-order valence-electron chi connectivity index (χ0n) is 11.4. The smallest absolute Gasteiger partial charge is 0.148 e. The Labute approximate surface area is 114 Å². The highest BCUT2D eigenvalue weighted by molar-refractivity contribution is 7.90. The summed E-state index contributed by atoms with van der Waals surface area (Å²) < 4.78 is 29.9. The van der Waals surface area contributed by atoms with Gasteiger partial charge in [0.05, 0.1) is 31.2 Å². The maximum Gasteiger partial charge on any atom is 0.148 e. The Balaban J connectivity index is 1.83. The molecule has 1 aromatic rings. The molecule has 1 fully saturated rings. The van der Waals surface area contributed by atoms with Gasteiger partial charge in [-0.3, -0.25) is 9.58 Å². The van der Waals surface area contributed by atoms with Gasteiger partial charge in [-0.15, -0.1) is 0 Å². The van der Waals surface area contributed by atoms with Gasteiger partial charge in [-0.25, -0.2) is 8.42 Å². The van der Waals surface area contributed by atoms with Gasteiger partial charge in [-0.1, -0.05) is 0 Å². The lowest BCUT2D eigenvalue weighted by Gasteiger charge is -2.32. The number of rotatable bonds is 5. The number of nitrogens with zero attached hydrogens (tertiary/aromatic N) is 3. The molecule has 0 unspecified atom stereocenters. The van der Waals surface area contributed by atoms with Crippen molar-refractivity contribution < 1.29 is 13.2 Å². The van der Waals surface area contributed by atoms with Crippen molar-refractivity contribution >= 4 is 9.84 Å². The molecule has 2 heterocycles. The molecular weight excluding hydrogens is 266 g/mol. The van der Waals surface area contributed by atoms with Crippen LogP contribution in [0.5, 0.6) is 0 Å². The van der Waals surface area contributed by atoms with E-state index in [1.165, 1.54) is 6.26 Å². The minimum Gasteiger partial charge on any atom is -0.374 e. The fourth-order valence-corrected chi connectivity index (χ4v) is 2.75. The quantitative estimate of drug-likeness (QED) is 0.759. The Kier molecular flexibility index (Phi) is 4.59. The predicted octanol–water partition coefficient (Wildman–Crippen LogP) is -0.0631. The molecule has 0 radical (unpaired) electrons. The van der Waals surface area contributed by atoms with E-state index < -0.39 is 9.84 Å². The summed E-state index contributed by atoms with van der Waals surface area (Å²) in [6, 6.07) is 0. The summed E-state index contributed by atoms with van der Waals surface area (Å²) in [4.78, 5) is 2.14. The van der Waals surface area contributed by atoms with Crippen LogP contribution in [0, 0.1) is 6.92 Å². The molecule has 0 amide bonds. The van der Waals surface area contributed by atoms with Crippen LogP contribution in [0.1, 0.15) is 5.56 Å². The fourth-order valence-electron chi connectivity index (χ4n) is 2.16. The second kappa shape index (κ2) is 6.02. The molecule has 1 atom stereocenters. The van der Waals surface area contributed by atoms with Crippen LogP contribution in [0.2, 0.25) is 0 Å². The average Bonchev–Trinajstić information content (AvgIpc) is 2.72. The first-order valence-electron chi connectivity index (χ1n) is 6.43. The molecule has 1 aliphatic heterocycles. The Morgan fingerprint density at radius 2 is 2.32 bits per heavy atom. The summed E-state index contributed by atoms with van der Waals surface area (Å²) in [7, 11) is -2.90. The van der Waals surface area contributed by atoms with Gasteiger partial charge in [0.25, 0.3) is 0 Å². The summed E-state index contributed by atoms with van der Waals surface area (Å²) >= 11 is 0. The average molecular weight is 287 g/mol. The van der Waals surface area contributed by atoms with E-state index in [1.807, 2.05) is 24.0 Å². The highest BCUT2D eigenvalue weighted by atomic mass is 32.2. The first-order chi connectivity index (χ1) is 8.92. The van der Waals surface area contributed by atoms with Crippen molar-refractivity contribution in [1.82, 2.24) is 14.7 Å². The number of hydrogen-bond donors (Lipinski definition) is 0. The third-order valence-corrected chi connectivity index (χ3v) is 4.08. The van der Waals surface area contributed by atoms with Crippen molar-refractivity contribution in [2.75, 3.05) is 38.2 Å². The molecule has 0 spiro atoms. The van der Waals surface area contributed by atoms with Gasteiger partial charge in [-0.2, -0.15) is 5.10 Å². The minimum absolute atomic E-state index is 0.0765. The normalized spacial score (nSPS) is 21.7. The molecule has 2 rings (SSSR count). The Hall–Kier alpha value is -0.920. The molecular formula is C12H21N3O3S. The van der Waals surface area contributed by atoms with Gasteiger partial charge in [0, 0.05) is 32.1 Å². The number of sulfone groups is 1. The van der Waals surface area contributed by atoms with Crippen LogP contribution in [0.15, 0.2) is 12.4 Å². The van der Waals surface area contributed by atoms with Crippen LogP contribution in [-0.4, -0.2) is 67.5 Å². The van der Waals surface area contributed by atoms with Crippen molar-refractivity contribution in [3.8, 4) is 0 Å². The number of aromatic nitrogens is 2. The van der Waals surface area contributed by atoms with Gasteiger partial charge < -0.3 is 4.74 Å². The third kappa shape index (κ3) is 4.93. The SMILES string of the molecule is Cc1cnn(C[C@H]2CN(CCS(C)(=O)=O)CCO2)c1. The molecule has 0 aromatic carbocycles. The van der Waals surface area contributed by atoms with Gasteiger partial charge in [0.2, 0.25) is 0 Å². The Bertz CT molecular complexity index is 512. The molecule has 6 nitrogen and oxygen atoms in total. The second-order valence-electron chi connectivity index (χ2n) is 5.16. The minimum atomic E-state index is -2.90. The van der Waals surface area contributed by atoms with E-state index in [2.05, 4.69) is 10.00 Å². The van der Waals surface area contributed by atoms with E-state index in [0.717, 1.165) is 18.7 Å². The van der Waals surface area contributed by atoms with Gasteiger partial charge in [0.1, 0.15) is 9.84 Å². The number of hydrogen-bond acceptors (Lipinski definition) is 5. The second-order valence-corrected chi connectivity index (χ2v) is 7.42. The summed E-state index contributed by atoms with van der Waals surface area (Å²) in [6.07, 6.45) is 5.16. The fraction of sp³-hybridized carbons (Fsp3) is 0.750. The zero-order valence-corrected chi connectivity index (χ0v) is 12.3. The van der Waals surface area contributed by atoms with Crippen LogP contribution in [0.25, 0.3) is 0 Å². The van der Waals surface area contributed by atoms with E-state index in [1.54, 1.807) is 0 Å². The van der Waals surface area contributed by atoms with Crippen LogP contribution in [-0.2, 0) is 21.1 Å². The standard InChI is InChI=1S/C12H21N3O3S/c1-11-7-13-15(8-11)10-12-9-14(3-5-18-12)4-6-19(2,16)17/h7-8,12H,3-6,9-10H2,1-2H3/t12-/m1/s1. The first-order valence-corrected chi connectivity index (χ1v) is 8.49. The van der Waals surface area contributed by atoms with Gasteiger partial charge in [-0.05, 0) is 12.5 Å². The van der Waals surface area contributed by atoms with E-state index in [-0.39, 0.29) is 11.9 Å². The Morgan fingerprint density at radius 3 is 2.95 bits per heavy atom. The summed E-state index contributed by atoms with van der Waals surface area (Å²) in [5.74, 6) is 0.209. The molecule has 1 aliphatic rings. The van der Waals surface area contributed by atoms with Crippen molar-refractivity contribution in [3.63, 3.8) is 0 Å². The lowest BCUT2D eigenvalue weighted by Crippen LogP contribution is -2.45. The lowest BCUT2D eigenvalue weighted by molar-refractivity contribution is -0.0355. The van der Waals surface area contributed by atoms with E-state index in [0.29, 0.717) is 19.7 Å². The highest BCUT2D eigenvalue weighted by Crippen LogP contribution is 2.08. The van der Waals surface area contributed by atoms with Crippen molar-refractivity contribution in [3.05, 3.63) is 18.0 Å². The molecule has 108 valence electrons. The van der Waals surface area contributed by atoms with E-state index >= 15 is 0 Å². The highest BCUT2D eigenvalue weighted by Gasteiger charge is 2.21. The summed E-state index contributed by atoms with van der Waals surface area (Å²) in [5, 5.41) is 4.24. The molecule has 1 aromatic heterocycles. The molecule has 0 aliphatic carbocycles. The van der Waals surface area contributed by atoms with Crippen LogP contribution < -0.4 is 0 Å². The lowest BCUT2D eigenvalue weighted by atomic mass is 10.2. The van der Waals surface area contributed by atoms with Crippen molar-refractivity contribution in [1.29, 1.82) is 0 Å². The maximum absolute atomic E-state index is 11.2. The maximum atomic E-state index is 11.2. The van der Waals surface area contributed by atoms with E-state index in [4.69, 9.17) is 4.74 Å². The topological polar surface area (TPSA) is 64.4 Å². The summed E-state index contributed by atoms with van der Waals surface area (Å²) in [5.41, 5.74) is 1.13. The van der Waals surface area contributed by atoms with Crippen LogP contribution >= 0.6 is 0 Å². The van der Waals surface area contributed by atoms with Crippen LogP contribution in [0.3, 0.4) is 0 Å². The molecule has 19 heavy (non-hydrogen) atoms. The van der Waals surface area contributed by atoms with E-state index in [9.17, 15) is 8.42 Å². The molecule has 0 bridgehead atoms. The third-order valence-electron chi connectivity index (χ3n) is 3.15. The number of ether oxygens (including phenoxy) is 1. The number of morpholine rings is 1.